The van der Waals surface area contributed by atoms with Gasteiger partial charge in [0.2, 0.25) is 5.91 Å². The minimum Gasteiger partial charge on any atom is -0.440 e. The standard InChI is InChI=1S/C23H28N2O2/c26-23(21-17-10-14-9-15(12-17)13-18(21)11-14)25-7-5-16(6-8-25)22-24-19-3-1-2-4-20(19)27-22/h1-4,14-18,21H,5-13H2. The molecule has 0 unspecified atom stereocenters. The van der Waals surface area contributed by atoms with Gasteiger partial charge in [-0.2, -0.15) is 0 Å². The number of piperidine rings is 1. The van der Waals surface area contributed by atoms with Crippen molar-refractivity contribution in [3.05, 3.63) is 30.2 Å². The smallest absolute Gasteiger partial charge is 0.226 e. The van der Waals surface area contributed by atoms with Gasteiger partial charge in [-0.1, -0.05) is 12.1 Å². The number of benzene rings is 1. The minimum absolute atomic E-state index is 0.332. The van der Waals surface area contributed by atoms with Crippen molar-refractivity contribution in [3.8, 4) is 0 Å². The zero-order valence-electron chi connectivity index (χ0n) is 15.8. The lowest BCUT2D eigenvalue weighted by molar-refractivity contribution is -0.150. The lowest BCUT2D eigenvalue weighted by Crippen LogP contribution is -2.53. The number of oxazole rings is 1. The molecule has 0 N–H and O–H groups in total. The van der Waals surface area contributed by atoms with E-state index in [1.807, 2.05) is 24.3 Å². The van der Waals surface area contributed by atoms with E-state index >= 15 is 0 Å². The van der Waals surface area contributed by atoms with E-state index in [-0.39, 0.29) is 0 Å². The summed E-state index contributed by atoms with van der Waals surface area (Å²) in [6.07, 6.45) is 8.69. The van der Waals surface area contributed by atoms with Crippen LogP contribution in [0.3, 0.4) is 0 Å². The quantitative estimate of drug-likeness (QED) is 0.782. The van der Waals surface area contributed by atoms with Crippen LogP contribution in [0, 0.1) is 29.6 Å². The maximum Gasteiger partial charge on any atom is 0.226 e. The molecule has 27 heavy (non-hydrogen) atoms. The van der Waals surface area contributed by atoms with E-state index in [9.17, 15) is 4.79 Å². The van der Waals surface area contributed by atoms with Crippen molar-refractivity contribution in [3.63, 3.8) is 0 Å². The Labute approximate surface area is 160 Å². The van der Waals surface area contributed by atoms with Crippen molar-refractivity contribution < 1.29 is 9.21 Å². The van der Waals surface area contributed by atoms with Crippen LogP contribution in [-0.4, -0.2) is 28.9 Å². The predicted octanol–water partition coefficient (Wildman–Crippen LogP) is 4.61. The number of amides is 1. The number of hydrogen-bond acceptors (Lipinski definition) is 3. The zero-order valence-corrected chi connectivity index (χ0v) is 15.8. The Morgan fingerprint density at radius 3 is 2.30 bits per heavy atom. The zero-order chi connectivity index (χ0) is 18.0. The molecule has 5 aliphatic rings. The summed E-state index contributed by atoms with van der Waals surface area (Å²) >= 11 is 0. The highest BCUT2D eigenvalue weighted by molar-refractivity contribution is 5.80. The molecule has 0 atom stereocenters. The fraction of sp³-hybridized carbons (Fsp3) is 0.652. The van der Waals surface area contributed by atoms with Crippen molar-refractivity contribution in [2.24, 2.45) is 29.6 Å². The normalized spacial score (nSPS) is 35.9. The van der Waals surface area contributed by atoms with Gasteiger partial charge in [0.1, 0.15) is 5.52 Å². The molecule has 1 amide bonds. The molecule has 1 saturated heterocycles. The van der Waals surface area contributed by atoms with Crippen LogP contribution in [0.4, 0.5) is 0 Å². The van der Waals surface area contributed by atoms with Gasteiger partial charge >= 0.3 is 0 Å². The maximum atomic E-state index is 13.4. The van der Waals surface area contributed by atoms with Crippen molar-refractivity contribution in [1.82, 2.24) is 9.88 Å². The van der Waals surface area contributed by atoms with Gasteiger partial charge in [0, 0.05) is 24.9 Å². The minimum atomic E-state index is 0.332. The second-order valence-corrected chi connectivity index (χ2v) is 9.58. The molecule has 2 aromatic rings. The van der Waals surface area contributed by atoms with Crippen LogP contribution in [-0.2, 0) is 4.79 Å². The van der Waals surface area contributed by atoms with Crippen molar-refractivity contribution in [2.45, 2.75) is 50.9 Å². The predicted molar refractivity (Wildman–Crippen MR) is 103 cm³/mol. The van der Waals surface area contributed by atoms with Gasteiger partial charge in [0.05, 0.1) is 0 Å². The Hall–Kier alpha value is -1.84. The second kappa shape index (κ2) is 6.08. The fourth-order valence-corrected chi connectivity index (χ4v) is 6.95. The Bertz CT molecular complexity index is 803. The molecular weight excluding hydrogens is 336 g/mol. The van der Waals surface area contributed by atoms with Gasteiger partial charge in [0.15, 0.2) is 11.5 Å². The Morgan fingerprint density at radius 2 is 1.63 bits per heavy atom. The average Bonchev–Trinajstić information content (AvgIpc) is 3.11. The summed E-state index contributed by atoms with van der Waals surface area (Å²) < 4.78 is 5.98. The van der Waals surface area contributed by atoms with E-state index in [0.717, 1.165) is 54.8 Å². The molecule has 0 radical (unpaired) electrons. The van der Waals surface area contributed by atoms with Crippen LogP contribution >= 0.6 is 0 Å². The Kier molecular flexibility index (Phi) is 3.64. The van der Waals surface area contributed by atoms with Crippen LogP contribution in [0.1, 0.15) is 56.8 Å². The first kappa shape index (κ1) is 16.1. The number of likely N-dealkylation sites (tertiary alicyclic amines) is 1. The highest BCUT2D eigenvalue weighted by Crippen LogP contribution is 2.57. The van der Waals surface area contributed by atoms with Gasteiger partial charge in [-0.3, -0.25) is 4.79 Å². The lowest BCUT2D eigenvalue weighted by atomic mass is 9.51. The number of carbonyl (C=O) groups is 1. The number of hydrogen-bond donors (Lipinski definition) is 0. The highest BCUT2D eigenvalue weighted by Gasteiger charge is 2.51. The molecular formula is C23H28N2O2. The largest absolute Gasteiger partial charge is 0.440 e. The highest BCUT2D eigenvalue weighted by atomic mass is 16.3. The molecule has 7 rings (SSSR count). The van der Waals surface area contributed by atoms with E-state index in [2.05, 4.69) is 9.88 Å². The first-order chi connectivity index (χ1) is 13.2. The topological polar surface area (TPSA) is 46.3 Å². The van der Waals surface area contributed by atoms with E-state index in [1.165, 1.54) is 32.1 Å². The van der Waals surface area contributed by atoms with Gasteiger partial charge in [0.25, 0.3) is 0 Å². The third kappa shape index (κ3) is 2.63. The van der Waals surface area contributed by atoms with Gasteiger partial charge < -0.3 is 9.32 Å². The van der Waals surface area contributed by atoms with Crippen LogP contribution in [0.2, 0.25) is 0 Å². The Morgan fingerprint density at radius 1 is 0.963 bits per heavy atom. The first-order valence-electron chi connectivity index (χ1n) is 10.9. The number of fused-ring (bicyclic) bond motifs is 1. The molecule has 4 heteroatoms. The summed E-state index contributed by atoms with van der Waals surface area (Å²) in [6, 6.07) is 7.98. The van der Waals surface area contributed by atoms with Crippen LogP contribution < -0.4 is 0 Å². The summed E-state index contributed by atoms with van der Waals surface area (Å²) in [5.74, 6) is 5.24. The molecule has 1 aliphatic heterocycles. The van der Waals surface area contributed by atoms with E-state index in [4.69, 9.17) is 4.42 Å². The van der Waals surface area contributed by atoms with E-state index < -0.39 is 0 Å². The molecule has 2 heterocycles. The number of para-hydroxylation sites is 2. The van der Waals surface area contributed by atoms with E-state index in [1.54, 1.807) is 0 Å². The van der Waals surface area contributed by atoms with Crippen molar-refractivity contribution in [2.75, 3.05) is 13.1 Å². The van der Waals surface area contributed by atoms with Gasteiger partial charge in [-0.25, -0.2) is 4.98 Å². The molecule has 4 saturated carbocycles. The third-order valence-electron chi connectivity index (χ3n) is 7.98. The van der Waals surface area contributed by atoms with Crippen LogP contribution in [0.25, 0.3) is 11.1 Å². The number of rotatable bonds is 2. The number of nitrogens with zero attached hydrogens (tertiary/aromatic N) is 2. The molecule has 4 nitrogen and oxygen atoms in total. The van der Waals surface area contributed by atoms with Crippen LogP contribution in [0.15, 0.2) is 28.7 Å². The van der Waals surface area contributed by atoms with Gasteiger partial charge in [-0.05, 0) is 80.8 Å². The molecule has 0 spiro atoms. The number of carbonyl (C=O) groups excluding carboxylic acids is 1. The third-order valence-corrected chi connectivity index (χ3v) is 7.98. The lowest BCUT2D eigenvalue weighted by Gasteiger charge is -2.54. The summed E-state index contributed by atoms with van der Waals surface area (Å²) in [4.78, 5) is 20.2. The van der Waals surface area contributed by atoms with Crippen molar-refractivity contribution in [1.29, 1.82) is 0 Å². The molecule has 1 aromatic carbocycles. The summed E-state index contributed by atoms with van der Waals surface area (Å²) in [5.41, 5.74) is 1.82. The summed E-state index contributed by atoms with van der Waals surface area (Å²) in [7, 11) is 0. The van der Waals surface area contributed by atoms with Gasteiger partial charge in [-0.15, -0.1) is 0 Å². The summed E-state index contributed by atoms with van der Waals surface area (Å²) in [5, 5.41) is 0. The number of aromatic nitrogens is 1. The molecule has 142 valence electrons. The second-order valence-electron chi connectivity index (χ2n) is 9.58. The maximum absolute atomic E-state index is 13.4. The monoisotopic (exact) mass is 364 g/mol. The van der Waals surface area contributed by atoms with E-state index in [0.29, 0.717) is 29.6 Å². The summed E-state index contributed by atoms with van der Waals surface area (Å²) in [6.45, 7) is 1.73. The van der Waals surface area contributed by atoms with Crippen LogP contribution in [0.5, 0.6) is 0 Å². The molecule has 1 aromatic heterocycles. The average molecular weight is 364 g/mol. The van der Waals surface area contributed by atoms with Crippen molar-refractivity contribution >= 4 is 17.0 Å². The fourth-order valence-electron chi connectivity index (χ4n) is 6.95. The molecule has 5 fully saturated rings. The SMILES string of the molecule is O=C(C1C2CC3CC(C2)CC1C3)N1CCC(c2nc3ccccc3o2)CC1. The molecule has 4 bridgehead atoms. The molecule has 4 aliphatic carbocycles. The Balaban J connectivity index is 1.14. The first-order valence-corrected chi connectivity index (χ1v) is 10.9.